The van der Waals surface area contributed by atoms with E-state index in [1.807, 2.05) is 60.7 Å². The van der Waals surface area contributed by atoms with Gasteiger partial charge in [-0.1, -0.05) is 66.7 Å². The zero-order valence-corrected chi connectivity index (χ0v) is 19.2. The average molecular weight is 469 g/mol. The number of benzene rings is 3. The molecule has 0 unspecified atom stereocenters. The molecule has 0 radical (unpaired) electrons. The van der Waals surface area contributed by atoms with E-state index in [1.165, 1.54) is 0 Å². The van der Waals surface area contributed by atoms with Crippen LogP contribution in [0, 0.1) is 0 Å². The van der Waals surface area contributed by atoms with Gasteiger partial charge in [-0.25, -0.2) is 9.59 Å². The Labute approximate surface area is 204 Å². The molecule has 0 spiro atoms. The number of carbonyl (C=O) groups excluding carboxylic acids is 1. The molecule has 178 valence electrons. The molecule has 1 heterocycles. The largest absolute Gasteiger partial charge is 0.478 e. The van der Waals surface area contributed by atoms with Gasteiger partial charge in [0.1, 0.15) is 0 Å². The van der Waals surface area contributed by atoms with E-state index in [-0.39, 0.29) is 18.1 Å². The van der Waals surface area contributed by atoms with E-state index in [2.05, 4.69) is 15.6 Å². The third-order valence-corrected chi connectivity index (χ3v) is 5.06. The normalized spacial score (nSPS) is 9.97. The molecule has 4 rings (SSSR count). The summed E-state index contributed by atoms with van der Waals surface area (Å²) in [7, 11) is 0. The Hall–Kier alpha value is -4.49. The first-order valence-corrected chi connectivity index (χ1v) is 11.2. The van der Waals surface area contributed by atoms with Gasteiger partial charge >= 0.3 is 12.0 Å². The van der Waals surface area contributed by atoms with Gasteiger partial charge in [0.25, 0.3) is 0 Å². The topological polar surface area (TPSA) is 117 Å². The lowest BCUT2D eigenvalue weighted by Crippen LogP contribution is -2.28. The fourth-order valence-electron chi connectivity index (χ4n) is 3.41. The summed E-state index contributed by atoms with van der Waals surface area (Å²) in [6.07, 6.45) is 2.66. The fraction of sp³-hybridized carbons (Fsp3) is 0.107. The zero-order valence-electron chi connectivity index (χ0n) is 19.2. The molecule has 5 N–H and O–H groups in total. The Morgan fingerprint density at radius 3 is 2.14 bits per heavy atom. The van der Waals surface area contributed by atoms with Crippen LogP contribution in [0.25, 0.3) is 11.1 Å². The van der Waals surface area contributed by atoms with Crippen LogP contribution in [-0.4, -0.2) is 28.6 Å². The number of carboxylic acids is 1. The molecule has 35 heavy (non-hydrogen) atoms. The van der Waals surface area contributed by atoms with E-state index < -0.39 is 5.97 Å². The van der Waals surface area contributed by atoms with Gasteiger partial charge in [-0.2, -0.15) is 0 Å². The quantitative estimate of drug-likeness (QED) is 0.306. The number of hydrogen-bond acceptors (Lipinski definition) is 4. The first kappa shape index (κ1) is 25.1. The molecule has 3 aromatic carbocycles. The van der Waals surface area contributed by atoms with Crippen LogP contribution < -0.4 is 16.4 Å². The van der Waals surface area contributed by atoms with Gasteiger partial charge in [0, 0.05) is 30.5 Å². The van der Waals surface area contributed by atoms with Gasteiger partial charge in [0.2, 0.25) is 0 Å². The highest BCUT2D eigenvalue weighted by molar-refractivity contribution is 5.96. The molecule has 0 fully saturated rings. The number of para-hydroxylation sites is 1. The van der Waals surface area contributed by atoms with Crippen molar-refractivity contribution in [2.24, 2.45) is 5.73 Å². The van der Waals surface area contributed by atoms with Gasteiger partial charge in [-0.15, -0.1) is 0 Å². The second kappa shape index (κ2) is 13.3. The molecule has 0 aliphatic heterocycles. The van der Waals surface area contributed by atoms with Gasteiger partial charge in [-0.05, 0) is 53.6 Å². The van der Waals surface area contributed by atoms with Crippen LogP contribution in [0.5, 0.6) is 0 Å². The Balaban J connectivity index is 0.000000320. The van der Waals surface area contributed by atoms with Gasteiger partial charge in [-0.3, -0.25) is 4.98 Å². The maximum atomic E-state index is 12.1. The van der Waals surface area contributed by atoms with Crippen molar-refractivity contribution in [2.75, 3.05) is 11.9 Å². The second-order valence-corrected chi connectivity index (χ2v) is 7.54. The van der Waals surface area contributed by atoms with Crippen molar-refractivity contribution in [3.8, 4) is 11.1 Å². The number of amides is 2. The minimum Gasteiger partial charge on any atom is -0.478 e. The summed E-state index contributed by atoms with van der Waals surface area (Å²) >= 11 is 0. The summed E-state index contributed by atoms with van der Waals surface area (Å²) in [4.78, 5) is 27.7. The number of aromatic carboxylic acids is 1. The molecule has 0 aliphatic carbocycles. The number of pyridine rings is 1. The zero-order chi connectivity index (χ0) is 24.9. The first-order chi connectivity index (χ1) is 17.1. The highest BCUT2D eigenvalue weighted by atomic mass is 16.4. The predicted molar refractivity (Wildman–Crippen MR) is 138 cm³/mol. The third kappa shape index (κ3) is 7.80. The van der Waals surface area contributed by atoms with Crippen LogP contribution in [0.4, 0.5) is 10.5 Å². The van der Waals surface area contributed by atoms with E-state index in [0.29, 0.717) is 17.8 Å². The first-order valence-electron chi connectivity index (χ1n) is 11.2. The lowest BCUT2D eigenvalue weighted by Gasteiger charge is -2.13. The van der Waals surface area contributed by atoms with Crippen molar-refractivity contribution >= 4 is 17.7 Å². The van der Waals surface area contributed by atoms with Crippen LogP contribution in [-0.2, 0) is 13.0 Å². The summed E-state index contributed by atoms with van der Waals surface area (Å²) in [5.74, 6) is -0.981. The smallest absolute Gasteiger partial charge is 0.336 e. The minimum atomic E-state index is -0.981. The number of carboxylic acid groups (broad SMARTS) is 1. The Morgan fingerprint density at radius 1 is 0.800 bits per heavy atom. The number of rotatable bonds is 7. The molecule has 0 aliphatic rings. The predicted octanol–water partition coefficient (Wildman–Crippen LogP) is 4.96. The Morgan fingerprint density at radius 2 is 1.46 bits per heavy atom. The lowest BCUT2D eigenvalue weighted by molar-refractivity contribution is 0.0697. The van der Waals surface area contributed by atoms with Gasteiger partial charge < -0.3 is 21.5 Å². The summed E-state index contributed by atoms with van der Waals surface area (Å²) in [6.45, 7) is 0.958. The SMILES string of the molecule is NCCc1ccccn1.O=C(NCc1ccccc1-c1ccccc1C(=O)O)Nc1ccccc1. The van der Waals surface area contributed by atoms with E-state index >= 15 is 0 Å². The number of hydrogen-bond donors (Lipinski definition) is 4. The number of aromatic nitrogens is 1. The Kier molecular flexibility index (Phi) is 9.53. The molecule has 0 bridgehead atoms. The van der Waals surface area contributed by atoms with Crippen LogP contribution in [0.2, 0.25) is 0 Å². The monoisotopic (exact) mass is 468 g/mol. The Bertz CT molecular complexity index is 1230. The highest BCUT2D eigenvalue weighted by Gasteiger charge is 2.14. The summed E-state index contributed by atoms with van der Waals surface area (Å²) < 4.78 is 0. The molecule has 0 atom stereocenters. The maximum absolute atomic E-state index is 12.1. The second-order valence-electron chi connectivity index (χ2n) is 7.54. The molecule has 7 nitrogen and oxygen atoms in total. The molecule has 7 heteroatoms. The summed E-state index contributed by atoms with van der Waals surface area (Å²) in [5.41, 5.74) is 9.57. The molecule has 1 aromatic heterocycles. The van der Waals surface area contributed by atoms with Crippen molar-refractivity contribution in [1.29, 1.82) is 0 Å². The molecule has 2 amide bonds. The van der Waals surface area contributed by atoms with Crippen molar-refractivity contribution in [3.05, 3.63) is 120 Å². The van der Waals surface area contributed by atoms with E-state index in [0.717, 1.165) is 23.2 Å². The number of urea groups is 1. The van der Waals surface area contributed by atoms with E-state index in [4.69, 9.17) is 5.73 Å². The number of nitrogens with one attached hydrogen (secondary N) is 2. The minimum absolute atomic E-state index is 0.230. The van der Waals surface area contributed by atoms with Crippen molar-refractivity contribution in [2.45, 2.75) is 13.0 Å². The number of carbonyl (C=O) groups is 2. The van der Waals surface area contributed by atoms with Crippen LogP contribution in [0.15, 0.2) is 103 Å². The highest BCUT2D eigenvalue weighted by Crippen LogP contribution is 2.27. The third-order valence-electron chi connectivity index (χ3n) is 5.06. The van der Waals surface area contributed by atoms with Crippen LogP contribution in [0.3, 0.4) is 0 Å². The van der Waals surface area contributed by atoms with Crippen LogP contribution in [0.1, 0.15) is 21.6 Å². The van der Waals surface area contributed by atoms with Crippen molar-refractivity contribution in [3.63, 3.8) is 0 Å². The molecular weight excluding hydrogens is 440 g/mol. The van der Waals surface area contributed by atoms with Crippen LogP contribution >= 0.6 is 0 Å². The van der Waals surface area contributed by atoms with Gasteiger partial charge in [0.05, 0.1) is 5.56 Å². The van der Waals surface area contributed by atoms with Gasteiger partial charge in [0.15, 0.2) is 0 Å². The summed E-state index contributed by atoms with van der Waals surface area (Å²) in [6, 6.07) is 29.0. The van der Waals surface area contributed by atoms with E-state index in [1.54, 1.807) is 42.6 Å². The average Bonchev–Trinajstić information content (AvgIpc) is 2.89. The fourth-order valence-corrected chi connectivity index (χ4v) is 3.41. The van der Waals surface area contributed by atoms with Crippen molar-refractivity contribution in [1.82, 2.24) is 10.3 Å². The standard InChI is InChI=1S/C21H18N2O3.C7H10N2/c24-20(25)19-13-7-6-12-18(19)17-11-5-4-8-15(17)14-22-21(26)23-16-9-2-1-3-10-16;8-5-4-7-3-1-2-6-9-7/h1-13H,14H2,(H,24,25)(H2,22,23,26);1-3,6H,4-5,8H2. The number of nitrogens with two attached hydrogens (primary N) is 1. The number of anilines is 1. The number of nitrogens with zero attached hydrogens (tertiary/aromatic N) is 1. The lowest BCUT2D eigenvalue weighted by atomic mass is 9.95. The van der Waals surface area contributed by atoms with Crippen molar-refractivity contribution < 1.29 is 14.7 Å². The van der Waals surface area contributed by atoms with E-state index in [9.17, 15) is 14.7 Å². The summed E-state index contributed by atoms with van der Waals surface area (Å²) in [5, 5.41) is 15.0. The molecule has 0 saturated heterocycles. The molecular formula is C28H28N4O3. The molecule has 0 saturated carbocycles. The molecule has 4 aromatic rings. The maximum Gasteiger partial charge on any atom is 0.336 e.